The largest absolute Gasteiger partial charge is 0.454 e. The smallest absolute Gasteiger partial charge is 0.415 e. The summed E-state index contributed by atoms with van der Waals surface area (Å²) < 4.78 is 69.8. The Morgan fingerprint density at radius 1 is 0.636 bits per heavy atom. The topological polar surface area (TPSA) is 52.6 Å². The molecule has 0 amide bonds. The molecule has 0 heterocycles. The van der Waals surface area contributed by atoms with Gasteiger partial charge in [0.2, 0.25) is 0 Å². The molecular weight excluding hydrogens is 440 g/mol. The van der Waals surface area contributed by atoms with Crippen molar-refractivity contribution in [1.82, 2.24) is 0 Å². The maximum absolute atomic E-state index is 14.9. The first-order valence-electron chi connectivity index (χ1n) is 12.6. The van der Waals surface area contributed by atoms with E-state index in [1.165, 1.54) is 0 Å². The lowest BCUT2D eigenvalue weighted by molar-refractivity contribution is -0.266. The van der Waals surface area contributed by atoms with Gasteiger partial charge in [-0.25, -0.2) is 9.59 Å². The highest BCUT2D eigenvalue weighted by molar-refractivity contribution is 5.90. The van der Waals surface area contributed by atoms with Crippen LogP contribution in [-0.2, 0) is 19.1 Å². The number of ether oxygens (including phenoxy) is 2. The molecule has 0 aromatic rings. The van der Waals surface area contributed by atoms with Crippen LogP contribution in [0.2, 0.25) is 0 Å². The molecule has 0 aromatic heterocycles. The van der Waals surface area contributed by atoms with E-state index < -0.39 is 35.0 Å². The van der Waals surface area contributed by atoms with E-state index in [4.69, 9.17) is 9.47 Å². The summed E-state index contributed by atoms with van der Waals surface area (Å²) in [5.74, 6) is -13.5. The Labute approximate surface area is 191 Å². The molecule has 184 valence electrons. The average molecular weight is 473 g/mol. The van der Waals surface area contributed by atoms with Crippen LogP contribution in [0, 0.1) is 41.4 Å². The monoisotopic (exact) mass is 472 g/mol. The van der Waals surface area contributed by atoms with Gasteiger partial charge < -0.3 is 9.47 Å². The first kappa shape index (κ1) is 22.1. The number of rotatable bonds is 5. The van der Waals surface area contributed by atoms with Crippen LogP contribution in [-0.4, -0.2) is 35.0 Å². The van der Waals surface area contributed by atoms with Gasteiger partial charge in [0.15, 0.2) is 0 Å². The van der Waals surface area contributed by atoms with Gasteiger partial charge in [-0.2, -0.15) is 17.6 Å². The van der Waals surface area contributed by atoms with Crippen LogP contribution in [0.5, 0.6) is 0 Å². The summed E-state index contributed by atoms with van der Waals surface area (Å²) in [6.45, 7) is 1.61. The van der Waals surface area contributed by atoms with E-state index in [-0.39, 0.29) is 11.8 Å². The van der Waals surface area contributed by atoms with Gasteiger partial charge >= 0.3 is 23.8 Å². The average Bonchev–Trinajstić information content (AvgIpc) is 2.70. The number of hydrogen-bond acceptors (Lipinski definition) is 4. The zero-order valence-electron chi connectivity index (χ0n) is 19.0. The van der Waals surface area contributed by atoms with Crippen LogP contribution in [0.25, 0.3) is 0 Å². The molecular formula is C25H32F4O4. The number of carbonyl (C=O) groups is 2. The second-order valence-electron chi connectivity index (χ2n) is 12.5. The lowest BCUT2D eigenvalue weighted by Gasteiger charge is -2.59. The maximum Gasteiger partial charge on any atom is 0.415 e. The summed E-state index contributed by atoms with van der Waals surface area (Å²) in [5, 5.41) is 0. The number of carbonyl (C=O) groups excluding carboxylic acids is 2. The van der Waals surface area contributed by atoms with Gasteiger partial charge in [0.1, 0.15) is 11.2 Å². The molecule has 8 saturated carbocycles. The fourth-order valence-corrected chi connectivity index (χ4v) is 9.22. The predicted molar refractivity (Wildman–Crippen MR) is 108 cm³/mol. The standard InChI is InChI=1S/C25H32F4O4/c1-22(18-6-13-2-14(8-18)9-19(22)7-13)32-20(30)24(26,27)25(28,29)21(31)33-23-10-15-3-16(11-23)5-17(4-15)12-23/h13-19H,2-12H2,1H3. The number of esters is 2. The van der Waals surface area contributed by atoms with Gasteiger partial charge in [-0.3, -0.25) is 0 Å². The quantitative estimate of drug-likeness (QED) is 0.390. The van der Waals surface area contributed by atoms with Crippen molar-refractivity contribution >= 4 is 11.9 Å². The normalized spacial score (nSPS) is 47.6. The molecule has 0 saturated heterocycles. The van der Waals surface area contributed by atoms with E-state index in [1.807, 2.05) is 0 Å². The van der Waals surface area contributed by atoms with E-state index in [0.29, 0.717) is 48.9 Å². The zero-order valence-corrected chi connectivity index (χ0v) is 19.0. The van der Waals surface area contributed by atoms with Gasteiger partial charge in [-0.15, -0.1) is 0 Å². The molecule has 8 aliphatic rings. The third kappa shape index (κ3) is 3.20. The summed E-state index contributed by atoms with van der Waals surface area (Å²) in [6.07, 6.45) is 8.48. The molecule has 33 heavy (non-hydrogen) atoms. The molecule has 8 fully saturated rings. The SMILES string of the molecule is CC1(OC(=O)C(F)(F)C(F)(F)C(=O)OC23CC4CC(CC(C4)C2)C3)C2CC3CC(C2)CC1C3. The Kier molecular flexibility index (Phi) is 4.61. The van der Waals surface area contributed by atoms with E-state index >= 15 is 0 Å². The summed E-state index contributed by atoms with van der Waals surface area (Å²) in [5.41, 5.74) is -2.28. The number of hydrogen-bond donors (Lipinski definition) is 0. The minimum absolute atomic E-state index is 0.0962. The van der Waals surface area contributed by atoms with E-state index in [2.05, 4.69) is 0 Å². The molecule has 0 radical (unpaired) electrons. The molecule has 0 aromatic carbocycles. The molecule has 0 unspecified atom stereocenters. The first-order chi connectivity index (χ1) is 15.4. The van der Waals surface area contributed by atoms with Gasteiger partial charge in [0, 0.05) is 0 Å². The summed E-state index contributed by atoms with van der Waals surface area (Å²) in [7, 11) is 0. The minimum atomic E-state index is -5.27. The Morgan fingerprint density at radius 2 is 1.00 bits per heavy atom. The van der Waals surface area contributed by atoms with Crippen LogP contribution in [0.1, 0.15) is 77.6 Å². The molecule has 0 spiro atoms. The molecule has 0 N–H and O–H groups in total. The minimum Gasteiger partial charge on any atom is -0.454 e. The van der Waals surface area contributed by atoms with Crippen LogP contribution in [0.4, 0.5) is 17.6 Å². The van der Waals surface area contributed by atoms with Crippen molar-refractivity contribution in [2.45, 2.75) is 101 Å². The lowest BCUT2D eigenvalue weighted by Crippen LogP contribution is -2.62. The Morgan fingerprint density at radius 3 is 1.42 bits per heavy atom. The Hall–Kier alpha value is -1.34. The van der Waals surface area contributed by atoms with Crippen molar-refractivity contribution in [1.29, 1.82) is 0 Å². The molecule has 0 atom stereocenters. The number of halogens is 4. The second kappa shape index (κ2) is 6.87. The highest BCUT2D eigenvalue weighted by Crippen LogP contribution is 2.60. The van der Waals surface area contributed by atoms with Gasteiger partial charge in [0.25, 0.3) is 0 Å². The zero-order chi connectivity index (χ0) is 23.4. The fraction of sp³-hybridized carbons (Fsp3) is 0.920. The third-order valence-electron chi connectivity index (χ3n) is 10.3. The first-order valence-corrected chi connectivity index (χ1v) is 12.6. The Bertz CT molecular complexity index is 805. The highest BCUT2D eigenvalue weighted by atomic mass is 19.3. The highest BCUT2D eigenvalue weighted by Gasteiger charge is 2.72. The van der Waals surface area contributed by atoms with E-state index in [1.54, 1.807) is 6.92 Å². The predicted octanol–water partition coefficient (Wildman–Crippen LogP) is 5.53. The van der Waals surface area contributed by atoms with Crippen molar-refractivity contribution in [3.8, 4) is 0 Å². The van der Waals surface area contributed by atoms with Crippen molar-refractivity contribution < 1.29 is 36.6 Å². The molecule has 8 heteroatoms. The van der Waals surface area contributed by atoms with Gasteiger partial charge in [-0.05, 0) is 119 Å². The molecule has 8 aliphatic carbocycles. The lowest BCUT2D eigenvalue weighted by atomic mass is 9.50. The maximum atomic E-state index is 14.9. The molecule has 8 bridgehead atoms. The van der Waals surface area contributed by atoms with Gasteiger partial charge in [-0.1, -0.05) is 0 Å². The van der Waals surface area contributed by atoms with Crippen molar-refractivity contribution in [3.63, 3.8) is 0 Å². The summed E-state index contributed by atoms with van der Waals surface area (Å²) >= 11 is 0. The van der Waals surface area contributed by atoms with Crippen LogP contribution in [0.15, 0.2) is 0 Å². The van der Waals surface area contributed by atoms with Crippen LogP contribution < -0.4 is 0 Å². The molecule has 0 aliphatic heterocycles. The molecule has 4 nitrogen and oxygen atoms in total. The third-order valence-corrected chi connectivity index (χ3v) is 10.3. The number of alkyl halides is 4. The summed E-state index contributed by atoms with van der Waals surface area (Å²) in [6, 6.07) is 0. The Balaban J connectivity index is 1.18. The second-order valence-corrected chi connectivity index (χ2v) is 12.5. The fourth-order valence-electron chi connectivity index (χ4n) is 9.22. The molecule has 8 rings (SSSR count). The van der Waals surface area contributed by atoms with Crippen molar-refractivity contribution in [2.24, 2.45) is 41.4 Å². The van der Waals surface area contributed by atoms with Crippen LogP contribution in [0.3, 0.4) is 0 Å². The van der Waals surface area contributed by atoms with E-state index in [0.717, 1.165) is 51.4 Å². The van der Waals surface area contributed by atoms with E-state index in [9.17, 15) is 27.2 Å². The van der Waals surface area contributed by atoms with Gasteiger partial charge in [0.05, 0.1) is 0 Å². The van der Waals surface area contributed by atoms with Crippen LogP contribution >= 0.6 is 0 Å². The van der Waals surface area contributed by atoms with Crippen molar-refractivity contribution in [3.05, 3.63) is 0 Å². The summed E-state index contributed by atoms with van der Waals surface area (Å²) in [4.78, 5) is 25.0. The van der Waals surface area contributed by atoms with Crippen molar-refractivity contribution in [2.75, 3.05) is 0 Å².